The molecule has 1 heterocycles. The SMILES string of the molecule is C/C(=N/NC(=O)c1ccc(O)cc1)c1ccc2c(c1)NC(=O)CO2. The van der Waals surface area contributed by atoms with E-state index in [0.29, 0.717) is 22.7 Å². The van der Waals surface area contributed by atoms with Gasteiger partial charge in [-0.3, -0.25) is 9.59 Å². The van der Waals surface area contributed by atoms with Crippen molar-refractivity contribution in [2.75, 3.05) is 11.9 Å². The van der Waals surface area contributed by atoms with Gasteiger partial charge in [0.15, 0.2) is 6.61 Å². The highest BCUT2D eigenvalue weighted by Gasteiger charge is 2.16. The van der Waals surface area contributed by atoms with Gasteiger partial charge in [0.2, 0.25) is 0 Å². The largest absolute Gasteiger partial charge is 0.508 e. The standard InChI is InChI=1S/C17H15N3O4/c1-10(19-20-17(23)11-2-5-13(21)6-3-11)12-4-7-15-14(8-12)18-16(22)9-24-15/h2-8,21H,9H2,1H3,(H,18,22)(H,20,23)/b19-10-. The van der Waals surface area contributed by atoms with Crippen LogP contribution in [0.2, 0.25) is 0 Å². The van der Waals surface area contributed by atoms with Crippen molar-refractivity contribution in [1.82, 2.24) is 5.43 Å². The molecule has 0 fully saturated rings. The van der Waals surface area contributed by atoms with Crippen molar-refractivity contribution in [3.8, 4) is 11.5 Å². The number of hydrogen-bond acceptors (Lipinski definition) is 5. The molecular weight excluding hydrogens is 310 g/mol. The van der Waals surface area contributed by atoms with E-state index < -0.39 is 0 Å². The summed E-state index contributed by atoms with van der Waals surface area (Å²) in [6, 6.07) is 11.1. The molecule has 0 saturated carbocycles. The molecule has 2 aromatic carbocycles. The third-order valence-corrected chi connectivity index (χ3v) is 3.48. The summed E-state index contributed by atoms with van der Waals surface area (Å²) in [5.41, 5.74) is 4.73. The average Bonchev–Trinajstić information content (AvgIpc) is 2.59. The van der Waals surface area contributed by atoms with E-state index in [4.69, 9.17) is 4.74 Å². The van der Waals surface area contributed by atoms with Gasteiger partial charge in [0.25, 0.3) is 11.8 Å². The van der Waals surface area contributed by atoms with Gasteiger partial charge < -0.3 is 15.2 Å². The van der Waals surface area contributed by atoms with Gasteiger partial charge in [-0.15, -0.1) is 0 Å². The first-order valence-corrected chi connectivity index (χ1v) is 7.23. The molecule has 0 aromatic heterocycles. The summed E-state index contributed by atoms with van der Waals surface area (Å²) in [6.07, 6.45) is 0. The summed E-state index contributed by atoms with van der Waals surface area (Å²) < 4.78 is 5.29. The zero-order valence-corrected chi connectivity index (χ0v) is 12.9. The number of phenolic OH excluding ortho intramolecular Hbond substituents is 1. The minimum absolute atomic E-state index is 0.00209. The Hall–Kier alpha value is -3.35. The second-order valence-electron chi connectivity index (χ2n) is 5.23. The number of carbonyl (C=O) groups excluding carboxylic acids is 2. The molecule has 2 aromatic rings. The van der Waals surface area contributed by atoms with Gasteiger partial charge in [-0.1, -0.05) is 0 Å². The molecule has 1 aliphatic heterocycles. The van der Waals surface area contributed by atoms with E-state index in [-0.39, 0.29) is 24.2 Å². The number of phenols is 1. The van der Waals surface area contributed by atoms with Gasteiger partial charge in [-0.25, -0.2) is 5.43 Å². The Bertz CT molecular complexity index is 828. The highest BCUT2D eigenvalue weighted by Crippen LogP contribution is 2.28. The van der Waals surface area contributed by atoms with Crippen molar-refractivity contribution >= 4 is 23.2 Å². The maximum absolute atomic E-state index is 12.0. The van der Waals surface area contributed by atoms with Crippen LogP contribution >= 0.6 is 0 Å². The molecule has 0 unspecified atom stereocenters. The predicted molar refractivity (Wildman–Crippen MR) is 88.4 cm³/mol. The van der Waals surface area contributed by atoms with Gasteiger partial charge in [0.1, 0.15) is 11.5 Å². The zero-order chi connectivity index (χ0) is 17.1. The van der Waals surface area contributed by atoms with Crippen LogP contribution in [0.3, 0.4) is 0 Å². The molecule has 24 heavy (non-hydrogen) atoms. The van der Waals surface area contributed by atoms with Crippen LogP contribution in [0.5, 0.6) is 11.5 Å². The zero-order valence-electron chi connectivity index (χ0n) is 12.9. The minimum atomic E-state index is -0.385. The number of hydrogen-bond donors (Lipinski definition) is 3. The maximum Gasteiger partial charge on any atom is 0.271 e. The number of ether oxygens (including phenoxy) is 1. The van der Waals surface area contributed by atoms with Crippen molar-refractivity contribution < 1.29 is 19.4 Å². The highest BCUT2D eigenvalue weighted by molar-refractivity contribution is 6.03. The summed E-state index contributed by atoms with van der Waals surface area (Å²) >= 11 is 0. The highest BCUT2D eigenvalue weighted by atomic mass is 16.5. The summed E-state index contributed by atoms with van der Waals surface area (Å²) in [4.78, 5) is 23.4. The summed E-state index contributed by atoms with van der Waals surface area (Å²) in [6.45, 7) is 1.74. The van der Waals surface area contributed by atoms with Gasteiger partial charge >= 0.3 is 0 Å². The van der Waals surface area contributed by atoms with Crippen LogP contribution in [0.25, 0.3) is 0 Å². The molecule has 0 spiro atoms. The Morgan fingerprint density at radius 3 is 2.67 bits per heavy atom. The van der Waals surface area contributed by atoms with Crippen LogP contribution < -0.4 is 15.5 Å². The fraction of sp³-hybridized carbons (Fsp3) is 0.118. The van der Waals surface area contributed by atoms with E-state index in [0.717, 1.165) is 5.56 Å². The van der Waals surface area contributed by atoms with Gasteiger partial charge in [0.05, 0.1) is 11.4 Å². The van der Waals surface area contributed by atoms with Crippen LogP contribution in [0.15, 0.2) is 47.6 Å². The summed E-state index contributed by atoms with van der Waals surface area (Å²) in [5.74, 6) is 0.0858. The third-order valence-electron chi connectivity index (χ3n) is 3.48. The van der Waals surface area contributed by atoms with E-state index in [1.807, 2.05) is 0 Å². The molecular formula is C17H15N3O4. The molecule has 3 rings (SSSR count). The van der Waals surface area contributed by atoms with E-state index in [2.05, 4.69) is 15.8 Å². The Kier molecular flexibility index (Phi) is 4.15. The van der Waals surface area contributed by atoms with Crippen molar-refractivity contribution in [3.63, 3.8) is 0 Å². The predicted octanol–water partition coefficient (Wildman–Crippen LogP) is 1.88. The molecule has 0 bridgehead atoms. The van der Waals surface area contributed by atoms with E-state index >= 15 is 0 Å². The smallest absolute Gasteiger partial charge is 0.271 e. The summed E-state index contributed by atoms with van der Waals surface area (Å²) in [7, 11) is 0. The third kappa shape index (κ3) is 3.35. The Labute approximate surface area is 138 Å². The van der Waals surface area contributed by atoms with Crippen molar-refractivity contribution in [2.24, 2.45) is 5.10 Å². The molecule has 122 valence electrons. The number of anilines is 1. The Morgan fingerprint density at radius 2 is 1.92 bits per heavy atom. The second kappa shape index (κ2) is 6.41. The number of aromatic hydroxyl groups is 1. The molecule has 1 aliphatic rings. The quantitative estimate of drug-likeness (QED) is 0.592. The Morgan fingerprint density at radius 1 is 1.21 bits per heavy atom. The lowest BCUT2D eigenvalue weighted by molar-refractivity contribution is -0.118. The van der Waals surface area contributed by atoms with Gasteiger partial charge in [0, 0.05) is 5.56 Å². The monoisotopic (exact) mass is 325 g/mol. The van der Waals surface area contributed by atoms with Crippen molar-refractivity contribution in [3.05, 3.63) is 53.6 Å². The van der Waals surface area contributed by atoms with Crippen molar-refractivity contribution in [2.45, 2.75) is 6.92 Å². The number of hydrazone groups is 1. The lowest BCUT2D eigenvalue weighted by Crippen LogP contribution is -2.25. The van der Waals surface area contributed by atoms with Crippen LogP contribution in [-0.4, -0.2) is 29.2 Å². The lowest BCUT2D eigenvalue weighted by Gasteiger charge is -2.18. The molecule has 3 N–H and O–H groups in total. The molecule has 0 radical (unpaired) electrons. The Balaban J connectivity index is 1.74. The van der Waals surface area contributed by atoms with Crippen LogP contribution in [0, 0.1) is 0 Å². The van der Waals surface area contributed by atoms with E-state index in [1.165, 1.54) is 24.3 Å². The van der Waals surface area contributed by atoms with Gasteiger partial charge in [-0.2, -0.15) is 5.10 Å². The molecule has 0 aliphatic carbocycles. The minimum Gasteiger partial charge on any atom is -0.508 e. The maximum atomic E-state index is 12.0. The first kappa shape index (κ1) is 15.5. The lowest BCUT2D eigenvalue weighted by atomic mass is 10.1. The van der Waals surface area contributed by atoms with Gasteiger partial charge in [-0.05, 0) is 55.0 Å². The van der Waals surface area contributed by atoms with Crippen LogP contribution in [0.4, 0.5) is 5.69 Å². The first-order chi connectivity index (χ1) is 11.5. The number of carbonyl (C=O) groups is 2. The number of fused-ring (bicyclic) bond motifs is 1. The van der Waals surface area contributed by atoms with Crippen LogP contribution in [-0.2, 0) is 4.79 Å². The second-order valence-corrected chi connectivity index (χ2v) is 5.23. The topological polar surface area (TPSA) is 100 Å². The van der Waals surface area contributed by atoms with Crippen LogP contribution in [0.1, 0.15) is 22.8 Å². The first-order valence-electron chi connectivity index (χ1n) is 7.23. The number of rotatable bonds is 3. The molecule has 7 nitrogen and oxygen atoms in total. The molecule has 2 amide bonds. The molecule has 7 heteroatoms. The molecule has 0 atom stereocenters. The fourth-order valence-corrected chi connectivity index (χ4v) is 2.18. The number of nitrogens with zero attached hydrogens (tertiary/aromatic N) is 1. The normalized spacial score (nSPS) is 13.5. The van der Waals surface area contributed by atoms with Crippen molar-refractivity contribution in [1.29, 1.82) is 0 Å². The number of benzene rings is 2. The average molecular weight is 325 g/mol. The van der Waals surface area contributed by atoms with E-state index in [9.17, 15) is 14.7 Å². The molecule has 0 saturated heterocycles. The fourth-order valence-electron chi connectivity index (χ4n) is 2.18. The van der Waals surface area contributed by atoms with E-state index in [1.54, 1.807) is 25.1 Å². The number of nitrogens with one attached hydrogen (secondary N) is 2. The summed E-state index contributed by atoms with van der Waals surface area (Å²) in [5, 5.41) is 16.0. The number of amides is 2.